The van der Waals surface area contributed by atoms with Crippen molar-refractivity contribution in [1.82, 2.24) is 15.0 Å². The Balaban J connectivity index is 1.86. The summed E-state index contributed by atoms with van der Waals surface area (Å²) in [4.78, 5) is 25.1. The van der Waals surface area contributed by atoms with Crippen LogP contribution in [0.15, 0.2) is 24.5 Å². The molecule has 25 heavy (non-hydrogen) atoms. The summed E-state index contributed by atoms with van der Waals surface area (Å²) in [5.74, 6) is 0.628. The van der Waals surface area contributed by atoms with E-state index in [0.717, 1.165) is 36.1 Å². The van der Waals surface area contributed by atoms with E-state index in [0.29, 0.717) is 11.6 Å². The van der Waals surface area contributed by atoms with Crippen LogP contribution >= 0.6 is 0 Å². The van der Waals surface area contributed by atoms with E-state index in [2.05, 4.69) is 20.3 Å². The van der Waals surface area contributed by atoms with Crippen molar-refractivity contribution in [2.75, 3.05) is 18.5 Å². The Morgan fingerprint density at radius 2 is 2.08 bits per heavy atom. The molecule has 2 N–H and O–H groups in total. The summed E-state index contributed by atoms with van der Waals surface area (Å²) in [5, 5.41) is 13.4. The van der Waals surface area contributed by atoms with Crippen molar-refractivity contribution in [3.05, 3.63) is 35.8 Å². The summed E-state index contributed by atoms with van der Waals surface area (Å²) in [5.41, 5.74) is 1.32. The smallest absolute Gasteiger partial charge is 0.339 e. The van der Waals surface area contributed by atoms with Crippen LogP contribution in [0, 0.1) is 0 Å². The molecule has 1 atom stereocenters. The van der Waals surface area contributed by atoms with Crippen LogP contribution in [-0.2, 0) is 22.4 Å². The first-order chi connectivity index (χ1) is 12.0. The van der Waals surface area contributed by atoms with Crippen molar-refractivity contribution < 1.29 is 14.6 Å². The Morgan fingerprint density at radius 3 is 2.80 bits per heavy atom. The van der Waals surface area contributed by atoms with Gasteiger partial charge < -0.3 is 15.2 Å². The number of nitrogens with one attached hydrogen (secondary N) is 1. The van der Waals surface area contributed by atoms with Gasteiger partial charge in [-0.2, -0.15) is 0 Å². The number of fused-ring (bicyclic) bond motifs is 1. The lowest BCUT2D eigenvalue weighted by Crippen LogP contribution is -2.43. The average molecular weight is 342 g/mol. The number of pyridine rings is 1. The largest absolute Gasteiger partial charge is 0.464 e. The third-order valence-corrected chi connectivity index (χ3v) is 4.19. The van der Waals surface area contributed by atoms with E-state index in [-0.39, 0.29) is 13.2 Å². The number of carbonyl (C=O) groups is 1. The average Bonchev–Trinajstić information content (AvgIpc) is 3.09. The van der Waals surface area contributed by atoms with E-state index in [1.807, 2.05) is 12.1 Å². The van der Waals surface area contributed by atoms with Crippen LogP contribution in [0.3, 0.4) is 0 Å². The molecular formula is C18H22N4O3. The zero-order chi connectivity index (χ0) is 17.9. The van der Waals surface area contributed by atoms with Crippen LogP contribution in [0.2, 0.25) is 0 Å². The van der Waals surface area contributed by atoms with Crippen LogP contribution in [0.25, 0.3) is 11.4 Å². The predicted octanol–water partition coefficient (Wildman–Crippen LogP) is 1.75. The normalized spacial score (nSPS) is 15.3. The molecule has 7 heteroatoms. The van der Waals surface area contributed by atoms with Crippen molar-refractivity contribution in [1.29, 1.82) is 0 Å². The zero-order valence-corrected chi connectivity index (χ0v) is 14.5. The first-order valence-corrected chi connectivity index (χ1v) is 8.45. The van der Waals surface area contributed by atoms with Crippen LogP contribution in [0.1, 0.15) is 31.5 Å². The quantitative estimate of drug-likeness (QED) is 0.772. The summed E-state index contributed by atoms with van der Waals surface area (Å²) in [6.45, 7) is 3.39. The fraction of sp³-hybridized carbons (Fsp3) is 0.444. The minimum absolute atomic E-state index is 0.0189. The molecule has 1 aliphatic carbocycles. The first-order valence-electron chi connectivity index (χ1n) is 8.45. The maximum atomic E-state index is 11.9. The second-order valence-corrected chi connectivity index (χ2v) is 6.26. The Kier molecular flexibility index (Phi) is 4.94. The van der Waals surface area contributed by atoms with Crippen molar-refractivity contribution >= 4 is 11.8 Å². The minimum atomic E-state index is -1.62. The fourth-order valence-corrected chi connectivity index (χ4v) is 2.82. The van der Waals surface area contributed by atoms with E-state index in [9.17, 15) is 9.90 Å². The lowest BCUT2D eigenvalue weighted by Gasteiger charge is -2.22. The summed E-state index contributed by atoms with van der Waals surface area (Å²) in [7, 11) is 0. The Bertz CT molecular complexity index is 762. The SMILES string of the molecule is CCOC(=O)C(C)(O)CNc1nc(-c2ccncc2)nc2c1CCC2. The highest BCUT2D eigenvalue weighted by molar-refractivity contribution is 5.79. The highest BCUT2D eigenvalue weighted by Crippen LogP contribution is 2.29. The summed E-state index contributed by atoms with van der Waals surface area (Å²) in [6.07, 6.45) is 6.20. The lowest BCUT2D eigenvalue weighted by molar-refractivity contribution is -0.161. The molecule has 132 valence electrons. The van der Waals surface area contributed by atoms with Crippen LogP contribution in [-0.4, -0.2) is 44.8 Å². The highest BCUT2D eigenvalue weighted by atomic mass is 16.5. The summed E-state index contributed by atoms with van der Waals surface area (Å²) < 4.78 is 4.91. The van der Waals surface area contributed by atoms with Gasteiger partial charge in [0.15, 0.2) is 11.4 Å². The van der Waals surface area contributed by atoms with Crippen molar-refractivity contribution in [2.45, 2.75) is 38.7 Å². The summed E-state index contributed by atoms with van der Waals surface area (Å²) in [6, 6.07) is 3.71. The van der Waals surface area contributed by atoms with E-state index >= 15 is 0 Å². The van der Waals surface area contributed by atoms with Crippen molar-refractivity contribution in [3.8, 4) is 11.4 Å². The number of aryl methyl sites for hydroxylation is 1. The number of aliphatic hydroxyl groups is 1. The van der Waals surface area contributed by atoms with E-state index in [1.165, 1.54) is 6.92 Å². The Morgan fingerprint density at radius 1 is 1.32 bits per heavy atom. The van der Waals surface area contributed by atoms with Crippen LogP contribution in [0.5, 0.6) is 0 Å². The second kappa shape index (κ2) is 7.14. The Hall–Kier alpha value is -2.54. The number of carbonyl (C=O) groups excluding carboxylic acids is 1. The van der Waals surface area contributed by atoms with E-state index in [1.54, 1.807) is 19.3 Å². The number of hydrogen-bond acceptors (Lipinski definition) is 7. The topological polar surface area (TPSA) is 97.2 Å². The van der Waals surface area contributed by atoms with Gasteiger partial charge in [0.1, 0.15) is 5.82 Å². The van der Waals surface area contributed by atoms with Gasteiger partial charge in [-0.05, 0) is 45.2 Å². The standard InChI is InChI=1S/C18H22N4O3/c1-3-25-17(23)18(2,24)11-20-16-13-5-4-6-14(13)21-15(22-16)12-7-9-19-10-8-12/h7-10,24H,3-6,11H2,1-2H3,(H,20,21,22). The molecule has 0 aromatic carbocycles. The Labute approximate surface area is 146 Å². The number of ether oxygens (including phenoxy) is 1. The second-order valence-electron chi connectivity index (χ2n) is 6.26. The molecule has 2 aromatic heterocycles. The maximum Gasteiger partial charge on any atom is 0.339 e. The number of anilines is 1. The molecule has 0 aliphatic heterocycles. The minimum Gasteiger partial charge on any atom is -0.464 e. The van der Waals surface area contributed by atoms with Gasteiger partial charge in [0, 0.05) is 29.2 Å². The fourth-order valence-electron chi connectivity index (χ4n) is 2.82. The molecule has 2 aromatic rings. The molecule has 0 saturated carbocycles. The number of hydrogen-bond donors (Lipinski definition) is 2. The zero-order valence-electron chi connectivity index (χ0n) is 14.5. The molecule has 3 rings (SSSR count). The molecule has 0 radical (unpaired) electrons. The molecule has 1 unspecified atom stereocenters. The van der Waals surface area contributed by atoms with Gasteiger partial charge in [-0.25, -0.2) is 14.8 Å². The molecule has 0 saturated heterocycles. The number of esters is 1. The molecule has 0 fully saturated rings. The van der Waals surface area contributed by atoms with Gasteiger partial charge in [-0.15, -0.1) is 0 Å². The van der Waals surface area contributed by atoms with Gasteiger partial charge in [0.25, 0.3) is 0 Å². The lowest BCUT2D eigenvalue weighted by atomic mass is 10.1. The first kappa shape index (κ1) is 17.3. The third kappa shape index (κ3) is 3.76. The van der Waals surface area contributed by atoms with E-state index < -0.39 is 11.6 Å². The van der Waals surface area contributed by atoms with Crippen LogP contribution < -0.4 is 5.32 Å². The van der Waals surface area contributed by atoms with Gasteiger partial charge in [0.2, 0.25) is 0 Å². The molecule has 1 aliphatic rings. The predicted molar refractivity (Wildman–Crippen MR) is 93.0 cm³/mol. The van der Waals surface area contributed by atoms with Gasteiger partial charge in [-0.1, -0.05) is 0 Å². The molecule has 2 heterocycles. The molecule has 7 nitrogen and oxygen atoms in total. The number of rotatable bonds is 6. The molecule has 0 spiro atoms. The number of nitrogens with zero attached hydrogens (tertiary/aromatic N) is 3. The maximum absolute atomic E-state index is 11.9. The van der Waals surface area contributed by atoms with Crippen molar-refractivity contribution in [2.24, 2.45) is 0 Å². The van der Waals surface area contributed by atoms with Gasteiger partial charge >= 0.3 is 5.97 Å². The molecular weight excluding hydrogens is 320 g/mol. The van der Waals surface area contributed by atoms with Gasteiger partial charge in [0.05, 0.1) is 13.2 Å². The van der Waals surface area contributed by atoms with E-state index in [4.69, 9.17) is 4.74 Å². The highest BCUT2D eigenvalue weighted by Gasteiger charge is 2.32. The molecule has 0 bridgehead atoms. The van der Waals surface area contributed by atoms with Crippen LogP contribution in [0.4, 0.5) is 5.82 Å². The van der Waals surface area contributed by atoms with Crippen molar-refractivity contribution in [3.63, 3.8) is 0 Å². The van der Waals surface area contributed by atoms with Gasteiger partial charge in [-0.3, -0.25) is 4.98 Å². The number of aromatic nitrogens is 3. The third-order valence-electron chi connectivity index (χ3n) is 4.19. The monoisotopic (exact) mass is 342 g/mol. The summed E-state index contributed by atoms with van der Waals surface area (Å²) >= 11 is 0. The molecule has 0 amide bonds.